The molecule has 1 aromatic rings. The first-order valence-electron chi connectivity index (χ1n) is 9.24. The van der Waals surface area contributed by atoms with Crippen molar-refractivity contribution in [2.75, 3.05) is 18.4 Å². The summed E-state index contributed by atoms with van der Waals surface area (Å²) in [6.07, 6.45) is 2.77. The standard InChI is InChI=1S/C20H31N3O2/c1-13(2)11-17(21)19(24)22-18-6-5-16(12-15(18)4)20(25)23-9-7-14(3)8-10-23/h5-6,12-14,17H,7-11,21H2,1-4H3,(H,22,24)/t17-/m0/s1. The zero-order valence-electron chi connectivity index (χ0n) is 15.8. The molecule has 0 aromatic heterocycles. The van der Waals surface area contributed by atoms with E-state index < -0.39 is 6.04 Å². The summed E-state index contributed by atoms with van der Waals surface area (Å²) in [7, 11) is 0. The number of nitrogens with two attached hydrogens (primary N) is 1. The van der Waals surface area contributed by atoms with Crippen LogP contribution in [0.4, 0.5) is 5.69 Å². The Kier molecular flexibility index (Phi) is 6.59. The number of nitrogens with zero attached hydrogens (tertiary/aromatic N) is 1. The van der Waals surface area contributed by atoms with Crippen LogP contribution < -0.4 is 11.1 Å². The normalized spacial score (nSPS) is 16.8. The fourth-order valence-electron chi connectivity index (χ4n) is 3.17. The number of aryl methyl sites for hydroxylation is 1. The number of benzene rings is 1. The SMILES string of the molecule is Cc1cc(C(=O)N2CCC(C)CC2)ccc1NC(=O)[C@@H](N)CC(C)C. The van der Waals surface area contributed by atoms with Gasteiger partial charge in [-0.2, -0.15) is 0 Å². The van der Waals surface area contributed by atoms with Gasteiger partial charge in [-0.1, -0.05) is 20.8 Å². The molecule has 2 amide bonds. The Hall–Kier alpha value is -1.88. The molecule has 5 nitrogen and oxygen atoms in total. The fourth-order valence-corrected chi connectivity index (χ4v) is 3.17. The molecule has 0 spiro atoms. The van der Waals surface area contributed by atoms with Gasteiger partial charge in [-0.15, -0.1) is 0 Å². The Morgan fingerprint density at radius 1 is 1.28 bits per heavy atom. The lowest BCUT2D eigenvalue weighted by Crippen LogP contribution is -2.38. The van der Waals surface area contributed by atoms with E-state index in [9.17, 15) is 9.59 Å². The first kappa shape index (κ1) is 19.4. The molecule has 25 heavy (non-hydrogen) atoms. The number of likely N-dealkylation sites (tertiary alicyclic amines) is 1. The Bertz CT molecular complexity index is 619. The molecule has 138 valence electrons. The van der Waals surface area contributed by atoms with Gasteiger partial charge in [0.1, 0.15) is 0 Å². The maximum atomic E-state index is 12.6. The highest BCUT2D eigenvalue weighted by molar-refractivity contribution is 5.98. The van der Waals surface area contributed by atoms with Crippen LogP contribution in [0.2, 0.25) is 0 Å². The molecule has 1 saturated heterocycles. The van der Waals surface area contributed by atoms with Crippen molar-refractivity contribution in [3.63, 3.8) is 0 Å². The van der Waals surface area contributed by atoms with Gasteiger partial charge in [0.15, 0.2) is 0 Å². The van der Waals surface area contributed by atoms with Crippen LogP contribution in [0.25, 0.3) is 0 Å². The van der Waals surface area contributed by atoms with E-state index in [0.29, 0.717) is 29.5 Å². The Morgan fingerprint density at radius 2 is 1.92 bits per heavy atom. The van der Waals surface area contributed by atoms with Crippen molar-refractivity contribution >= 4 is 17.5 Å². The van der Waals surface area contributed by atoms with E-state index >= 15 is 0 Å². The van der Waals surface area contributed by atoms with Crippen molar-refractivity contribution in [3.8, 4) is 0 Å². The lowest BCUT2D eigenvalue weighted by molar-refractivity contribution is -0.117. The topological polar surface area (TPSA) is 75.4 Å². The van der Waals surface area contributed by atoms with Crippen LogP contribution in [-0.4, -0.2) is 35.8 Å². The van der Waals surface area contributed by atoms with Gasteiger partial charge in [0.2, 0.25) is 5.91 Å². The third kappa shape index (κ3) is 5.30. The Labute approximate surface area is 151 Å². The van der Waals surface area contributed by atoms with Crippen LogP contribution in [-0.2, 0) is 4.79 Å². The molecule has 0 unspecified atom stereocenters. The van der Waals surface area contributed by atoms with E-state index in [2.05, 4.69) is 12.2 Å². The van der Waals surface area contributed by atoms with Gasteiger partial charge >= 0.3 is 0 Å². The minimum absolute atomic E-state index is 0.0735. The maximum absolute atomic E-state index is 12.6. The van der Waals surface area contributed by atoms with Crippen molar-refractivity contribution in [1.82, 2.24) is 4.90 Å². The van der Waals surface area contributed by atoms with E-state index in [1.54, 1.807) is 12.1 Å². The average molecular weight is 345 g/mol. The summed E-state index contributed by atoms with van der Waals surface area (Å²) in [6.45, 7) is 9.86. The molecule has 1 aliphatic heterocycles. The van der Waals surface area contributed by atoms with Gasteiger partial charge in [-0.05, 0) is 61.8 Å². The number of piperidine rings is 1. The quantitative estimate of drug-likeness (QED) is 0.860. The van der Waals surface area contributed by atoms with Crippen LogP contribution >= 0.6 is 0 Å². The minimum Gasteiger partial charge on any atom is -0.339 e. The molecule has 0 radical (unpaired) electrons. The van der Waals surface area contributed by atoms with Gasteiger partial charge in [0.25, 0.3) is 5.91 Å². The lowest BCUT2D eigenvalue weighted by Gasteiger charge is -2.30. The molecular formula is C20H31N3O2. The molecule has 1 aliphatic rings. The summed E-state index contributed by atoms with van der Waals surface area (Å²) in [5.74, 6) is 0.956. The molecular weight excluding hydrogens is 314 g/mol. The van der Waals surface area contributed by atoms with E-state index in [1.165, 1.54) is 0 Å². The number of anilines is 1. The predicted molar refractivity (Wildman–Crippen MR) is 102 cm³/mol. The first-order chi connectivity index (χ1) is 11.8. The smallest absolute Gasteiger partial charge is 0.253 e. The number of amides is 2. The summed E-state index contributed by atoms with van der Waals surface area (Å²) in [5.41, 5.74) is 8.20. The highest BCUT2D eigenvalue weighted by atomic mass is 16.2. The van der Waals surface area contributed by atoms with Gasteiger partial charge < -0.3 is 16.0 Å². The first-order valence-corrected chi connectivity index (χ1v) is 9.24. The maximum Gasteiger partial charge on any atom is 0.253 e. The van der Waals surface area contributed by atoms with Crippen molar-refractivity contribution < 1.29 is 9.59 Å². The van der Waals surface area contributed by atoms with Gasteiger partial charge in [-0.25, -0.2) is 0 Å². The van der Waals surface area contributed by atoms with E-state index in [0.717, 1.165) is 31.5 Å². The zero-order valence-corrected chi connectivity index (χ0v) is 15.8. The summed E-state index contributed by atoms with van der Waals surface area (Å²) in [4.78, 5) is 26.7. The monoisotopic (exact) mass is 345 g/mol. The largest absolute Gasteiger partial charge is 0.339 e. The molecule has 1 atom stereocenters. The number of carbonyl (C=O) groups excluding carboxylic acids is 2. The molecule has 1 aromatic carbocycles. The third-order valence-electron chi connectivity index (χ3n) is 4.86. The molecule has 2 rings (SSSR count). The number of nitrogens with one attached hydrogen (secondary N) is 1. The Balaban J connectivity index is 2.02. The third-order valence-corrected chi connectivity index (χ3v) is 4.86. The van der Waals surface area contributed by atoms with Crippen LogP contribution in [0, 0.1) is 18.8 Å². The van der Waals surface area contributed by atoms with Crippen LogP contribution in [0.5, 0.6) is 0 Å². The van der Waals surface area contributed by atoms with E-state index in [1.807, 2.05) is 31.7 Å². The van der Waals surface area contributed by atoms with Crippen LogP contribution in [0.1, 0.15) is 56.0 Å². The van der Waals surface area contributed by atoms with Gasteiger partial charge in [0.05, 0.1) is 6.04 Å². The molecule has 1 heterocycles. The summed E-state index contributed by atoms with van der Waals surface area (Å²) >= 11 is 0. The van der Waals surface area contributed by atoms with Crippen molar-refractivity contribution in [1.29, 1.82) is 0 Å². The van der Waals surface area contributed by atoms with Crippen molar-refractivity contribution in [2.45, 2.75) is 53.0 Å². The molecule has 1 fully saturated rings. The average Bonchev–Trinajstić information content (AvgIpc) is 2.56. The molecule has 5 heteroatoms. The highest BCUT2D eigenvalue weighted by Gasteiger charge is 2.22. The fraction of sp³-hybridized carbons (Fsp3) is 0.600. The van der Waals surface area contributed by atoms with Gasteiger partial charge in [0, 0.05) is 24.3 Å². The van der Waals surface area contributed by atoms with Crippen molar-refractivity contribution in [3.05, 3.63) is 29.3 Å². The second kappa shape index (κ2) is 8.48. The Morgan fingerprint density at radius 3 is 2.48 bits per heavy atom. The van der Waals surface area contributed by atoms with Crippen LogP contribution in [0.3, 0.4) is 0 Å². The highest BCUT2D eigenvalue weighted by Crippen LogP contribution is 2.21. The summed E-state index contributed by atoms with van der Waals surface area (Å²) in [6, 6.07) is 4.92. The number of rotatable bonds is 5. The summed E-state index contributed by atoms with van der Waals surface area (Å²) in [5, 5.41) is 2.88. The van der Waals surface area contributed by atoms with E-state index in [-0.39, 0.29) is 11.8 Å². The molecule has 3 N–H and O–H groups in total. The number of carbonyl (C=O) groups is 2. The van der Waals surface area contributed by atoms with E-state index in [4.69, 9.17) is 5.73 Å². The zero-order chi connectivity index (χ0) is 18.6. The van der Waals surface area contributed by atoms with Crippen LogP contribution in [0.15, 0.2) is 18.2 Å². The van der Waals surface area contributed by atoms with Gasteiger partial charge in [-0.3, -0.25) is 9.59 Å². The molecule has 0 saturated carbocycles. The second-order valence-corrected chi connectivity index (χ2v) is 7.73. The minimum atomic E-state index is -0.518. The molecule has 0 bridgehead atoms. The number of hydrogen-bond acceptors (Lipinski definition) is 3. The lowest BCUT2D eigenvalue weighted by atomic mass is 9.98. The summed E-state index contributed by atoms with van der Waals surface area (Å²) < 4.78 is 0. The molecule has 0 aliphatic carbocycles. The second-order valence-electron chi connectivity index (χ2n) is 7.73. The van der Waals surface area contributed by atoms with Crippen molar-refractivity contribution in [2.24, 2.45) is 17.6 Å². The number of hydrogen-bond donors (Lipinski definition) is 2. The predicted octanol–water partition coefficient (Wildman–Crippen LogP) is 3.18.